The molecule has 1 aliphatic carbocycles. The standard InChI is InChI=1S/C17H22FN/c1-14-8-10-17(2,11-9-14)15-4-6-16(7-5-15)19(3)13-12-18/h4-10H,11-13H2,1-3H3. The first-order chi connectivity index (χ1) is 9.05. The zero-order valence-electron chi connectivity index (χ0n) is 12.0. The maximum absolute atomic E-state index is 12.3. The fourth-order valence-electron chi connectivity index (χ4n) is 2.39. The van der Waals surface area contributed by atoms with E-state index in [9.17, 15) is 4.39 Å². The van der Waals surface area contributed by atoms with Gasteiger partial charge in [-0.2, -0.15) is 0 Å². The number of allylic oxidation sites excluding steroid dienone is 4. The summed E-state index contributed by atoms with van der Waals surface area (Å²) in [6.07, 6.45) is 7.79. The van der Waals surface area contributed by atoms with Gasteiger partial charge < -0.3 is 4.90 Å². The smallest absolute Gasteiger partial charge is 0.107 e. The molecule has 0 saturated heterocycles. The molecule has 102 valence electrons. The molecular weight excluding hydrogens is 237 g/mol. The second kappa shape index (κ2) is 5.60. The first-order valence-corrected chi connectivity index (χ1v) is 6.79. The number of benzene rings is 1. The molecule has 1 unspecified atom stereocenters. The number of hydrogen-bond donors (Lipinski definition) is 0. The van der Waals surface area contributed by atoms with Crippen LogP contribution in [-0.2, 0) is 5.41 Å². The van der Waals surface area contributed by atoms with Gasteiger partial charge in [-0.1, -0.05) is 42.9 Å². The van der Waals surface area contributed by atoms with Gasteiger partial charge in [-0.15, -0.1) is 0 Å². The van der Waals surface area contributed by atoms with Crippen molar-refractivity contribution in [2.24, 2.45) is 0 Å². The van der Waals surface area contributed by atoms with Crippen LogP contribution in [0.2, 0.25) is 0 Å². The lowest BCUT2D eigenvalue weighted by atomic mass is 9.76. The number of halogens is 1. The van der Waals surface area contributed by atoms with Crippen LogP contribution in [0.4, 0.5) is 10.1 Å². The molecule has 2 rings (SSSR count). The Morgan fingerprint density at radius 1 is 1.26 bits per heavy atom. The summed E-state index contributed by atoms with van der Waals surface area (Å²) in [6.45, 7) is 4.51. The highest BCUT2D eigenvalue weighted by Gasteiger charge is 2.24. The summed E-state index contributed by atoms with van der Waals surface area (Å²) < 4.78 is 12.3. The van der Waals surface area contributed by atoms with Gasteiger partial charge in [0.05, 0.1) is 0 Å². The summed E-state index contributed by atoms with van der Waals surface area (Å²) in [5.41, 5.74) is 3.79. The Bertz CT molecular complexity index is 486. The molecule has 0 heterocycles. The third kappa shape index (κ3) is 3.06. The van der Waals surface area contributed by atoms with E-state index in [0.29, 0.717) is 6.54 Å². The minimum atomic E-state index is -0.317. The van der Waals surface area contributed by atoms with Gasteiger partial charge in [0, 0.05) is 24.7 Å². The van der Waals surface area contributed by atoms with Crippen LogP contribution in [0.25, 0.3) is 0 Å². The fourth-order valence-corrected chi connectivity index (χ4v) is 2.39. The van der Waals surface area contributed by atoms with E-state index < -0.39 is 0 Å². The number of anilines is 1. The highest BCUT2D eigenvalue weighted by molar-refractivity contribution is 5.49. The molecule has 0 spiro atoms. The lowest BCUT2D eigenvalue weighted by Gasteiger charge is -2.29. The zero-order valence-corrected chi connectivity index (χ0v) is 12.0. The van der Waals surface area contributed by atoms with E-state index in [0.717, 1.165) is 12.1 Å². The molecule has 0 radical (unpaired) electrons. The summed E-state index contributed by atoms with van der Waals surface area (Å²) in [5, 5.41) is 0. The molecule has 0 amide bonds. The third-order valence-electron chi connectivity index (χ3n) is 3.95. The van der Waals surface area contributed by atoms with Gasteiger partial charge in [0.15, 0.2) is 0 Å². The van der Waals surface area contributed by atoms with Gasteiger partial charge in [-0.05, 0) is 31.0 Å². The minimum Gasteiger partial charge on any atom is -0.372 e. The van der Waals surface area contributed by atoms with E-state index in [2.05, 4.69) is 56.3 Å². The summed E-state index contributed by atoms with van der Waals surface area (Å²) in [7, 11) is 1.92. The third-order valence-corrected chi connectivity index (χ3v) is 3.95. The molecule has 1 atom stereocenters. The van der Waals surface area contributed by atoms with E-state index >= 15 is 0 Å². The Morgan fingerprint density at radius 3 is 2.47 bits per heavy atom. The monoisotopic (exact) mass is 259 g/mol. The molecule has 19 heavy (non-hydrogen) atoms. The van der Waals surface area contributed by atoms with Crippen molar-refractivity contribution in [2.45, 2.75) is 25.7 Å². The number of hydrogen-bond acceptors (Lipinski definition) is 1. The average Bonchev–Trinajstić information content (AvgIpc) is 2.43. The van der Waals surface area contributed by atoms with Gasteiger partial charge >= 0.3 is 0 Å². The van der Waals surface area contributed by atoms with Crippen LogP contribution < -0.4 is 4.90 Å². The van der Waals surface area contributed by atoms with Crippen molar-refractivity contribution in [3.8, 4) is 0 Å². The van der Waals surface area contributed by atoms with Crippen molar-refractivity contribution >= 4 is 5.69 Å². The quantitative estimate of drug-likeness (QED) is 0.781. The van der Waals surface area contributed by atoms with E-state index in [1.165, 1.54) is 11.1 Å². The topological polar surface area (TPSA) is 3.24 Å². The predicted molar refractivity (Wildman–Crippen MR) is 80.6 cm³/mol. The molecule has 0 bridgehead atoms. The van der Waals surface area contributed by atoms with Crippen LogP contribution in [0.3, 0.4) is 0 Å². The van der Waals surface area contributed by atoms with Gasteiger partial charge in [0.25, 0.3) is 0 Å². The van der Waals surface area contributed by atoms with Crippen molar-refractivity contribution in [1.29, 1.82) is 0 Å². The van der Waals surface area contributed by atoms with Crippen LogP contribution >= 0.6 is 0 Å². The Balaban J connectivity index is 2.17. The Morgan fingerprint density at radius 2 is 1.95 bits per heavy atom. The number of alkyl halides is 1. The van der Waals surface area contributed by atoms with Gasteiger partial charge in [-0.3, -0.25) is 0 Å². The second-order valence-corrected chi connectivity index (χ2v) is 5.56. The Hall–Kier alpha value is -1.57. The molecule has 1 aromatic carbocycles. The summed E-state index contributed by atoms with van der Waals surface area (Å²) in [6, 6.07) is 8.47. The minimum absolute atomic E-state index is 0.0801. The maximum atomic E-state index is 12.3. The maximum Gasteiger partial charge on any atom is 0.107 e. The SMILES string of the molecule is CC1=CCC(C)(c2ccc(N(C)CCF)cc2)C=C1. The molecule has 1 aliphatic rings. The Labute approximate surface area is 115 Å². The Kier molecular flexibility index (Phi) is 4.08. The van der Waals surface area contributed by atoms with Crippen molar-refractivity contribution in [3.05, 3.63) is 53.6 Å². The first-order valence-electron chi connectivity index (χ1n) is 6.79. The van der Waals surface area contributed by atoms with E-state index in [1.807, 2.05) is 11.9 Å². The summed E-state index contributed by atoms with van der Waals surface area (Å²) in [4.78, 5) is 1.94. The molecule has 2 heteroatoms. The van der Waals surface area contributed by atoms with Crippen molar-refractivity contribution < 1.29 is 4.39 Å². The summed E-state index contributed by atoms with van der Waals surface area (Å²) >= 11 is 0. The van der Waals surface area contributed by atoms with Crippen LogP contribution in [0, 0.1) is 0 Å². The first kappa shape index (κ1) is 13.9. The molecule has 1 nitrogen and oxygen atoms in total. The van der Waals surface area contributed by atoms with Gasteiger partial charge in [0.2, 0.25) is 0 Å². The molecule has 0 aliphatic heterocycles. The lowest BCUT2D eigenvalue weighted by molar-refractivity contribution is 0.497. The molecule has 0 fully saturated rings. The lowest BCUT2D eigenvalue weighted by Crippen LogP contribution is -2.22. The molecular formula is C17H22FN. The normalized spacial score (nSPS) is 22.2. The van der Waals surface area contributed by atoms with Crippen LogP contribution in [-0.4, -0.2) is 20.3 Å². The van der Waals surface area contributed by atoms with Crippen LogP contribution in [0.5, 0.6) is 0 Å². The van der Waals surface area contributed by atoms with E-state index in [4.69, 9.17) is 0 Å². The van der Waals surface area contributed by atoms with Crippen LogP contribution in [0.15, 0.2) is 48.1 Å². The van der Waals surface area contributed by atoms with E-state index in [-0.39, 0.29) is 12.1 Å². The predicted octanol–water partition coefficient (Wildman–Crippen LogP) is 4.26. The highest BCUT2D eigenvalue weighted by Crippen LogP contribution is 2.34. The zero-order chi connectivity index (χ0) is 13.9. The molecule has 0 aromatic heterocycles. The largest absolute Gasteiger partial charge is 0.372 e. The summed E-state index contributed by atoms with van der Waals surface area (Å²) in [5.74, 6) is 0. The molecule has 0 N–H and O–H groups in total. The van der Waals surface area contributed by atoms with Gasteiger partial charge in [-0.25, -0.2) is 4.39 Å². The molecule has 0 saturated carbocycles. The van der Waals surface area contributed by atoms with E-state index in [1.54, 1.807) is 0 Å². The second-order valence-electron chi connectivity index (χ2n) is 5.56. The van der Waals surface area contributed by atoms with Crippen molar-refractivity contribution in [3.63, 3.8) is 0 Å². The highest BCUT2D eigenvalue weighted by atomic mass is 19.1. The molecule has 1 aromatic rings. The van der Waals surface area contributed by atoms with Gasteiger partial charge in [0.1, 0.15) is 6.67 Å². The van der Waals surface area contributed by atoms with Crippen molar-refractivity contribution in [1.82, 2.24) is 0 Å². The number of nitrogens with zero attached hydrogens (tertiary/aromatic N) is 1. The fraction of sp³-hybridized carbons (Fsp3) is 0.412. The average molecular weight is 259 g/mol. The van der Waals surface area contributed by atoms with Crippen molar-refractivity contribution in [2.75, 3.05) is 25.2 Å². The number of rotatable bonds is 4. The van der Waals surface area contributed by atoms with Crippen LogP contribution in [0.1, 0.15) is 25.8 Å².